The molecule has 0 aliphatic heterocycles. The van der Waals surface area contributed by atoms with E-state index in [0.29, 0.717) is 28.4 Å². The monoisotopic (exact) mass is 336 g/mol. The molecule has 1 amide bonds. The van der Waals surface area contributed by atoms with Crippen molar-refractivity contribution in [3.05, 3.63) is 60.2 Å². The lowest BCUT2D eigenvalue weighted by Crippen LogP contribution is -2.26. The zero-order valence-corrected chi connectivity index (χ0v) is 13.8. The number of carbonyl (C=O) groups excluding carboxylic acids is 1. The Morgan fingerprint density at radius 1 is 1.20 bits per heavy atom. The van der Waals surface area contributed by atoms with Crippen LogP contribution in [0.1, 0.15) is 29.2 Å². The van der Waals surface area contributed by atoms with Gasteiger partial charge in [0.25, 0.3) is 5.91 Å². The molecule has 0 saturated carbocycles. The van der Waals surface area contributed by atoms with Crippen LogP contribution in [0.4, 0.5) is 0 Å². The van der Waals surface area contributed by atoms with Crippen LogP contribution in [-0.2, 0) is 0 Å². The summed E-state index contributed by atoms with van der Waals surface area (Å²) in [6.45, 7) is 1.82. The molecule has 4 rings (SSSR count). The Bertz CT molecular complexity index is 1030. The fourth-order valence-electron chi connectivity index (χ4n) is 2.76. The van der Waals surface area contributed by atoms with E-state index in [0.717, 1.165) is 10.9 Å². The van der Waals surface area contributed by atoms with E-state index in [-0.39, 0.29) is 11.9 Å². The van der Waals surface area contributed by atoms with Crippen molar-refractivity contribution in [3.8, 4) is 5.75 Å². The van der Waals surface area contributed by atoms with Crippen LogP contribution >= 0.6 is 0 Å². The molecule has 2 aromatic carbocycles. The Morgan fingerprint density at radius 3 is 2.84 bits per heavy atom. The van der Waals surface area contributed by atoms with Crippen molar-refractivity contribution in [1.29, 1.82) is 0 Å². The summed E-state index contributed by atoms with van der Waals surface area (Å²) in [6, 6.07) is 12.3. The third kappa shape index (κ3) is 2.71. The van der Waals surface area contributed by atoms with Crippen LogP contribution < -0.4 is 10.1 Å². The van der Waals surface area contributed by atoms with Gasteiger partial charge in [-0.3, -0.25) is 4.79 Å². The standard InChI is InChI=1S/C19H16N2O4/c1-11(19-21-14-5-3-4-6-15(14)25-19)20-18(22)12-9-16(23-2)13-7-8-24-17(13)10-12/h3-11H,1-2H3,(H,20,22). The molecule has 6 nitrogen and oxygen atoms in total. The number of fused-ring (bicyclic) bond motifs is 2. The normalized spacial score (nSPS) is 12.4. The zero-order valence-electron chi connectivity index (χ0n) is 13.8. The van der Waals surface area contributed by atoms with Gasteiger partial charge in [0, 0.05) is 5.56 Å². The van der Waals surface area contributed by atoms with Crippen molar-refractivity contribution in [3.63, 3.8) is 0 Å². The second kappa shape index (κ2) is 5.98. The van der Waals surface area contributed by atoms with E-state index >= 15 is 0 Å². The van der Waals surface area contributed by atoms with Gasteiger partial charge in [-0.25, -0.2) is 4.98 Å². The lowest BCUT2D eigenvalue weighted by Gasteiger charge is -2.11. The van der Waals surface area contributed by atoms with Crippen molar-refractivity contribution in [2.24, 2.45) is 0 Å². The van der Waals surface area contributed by atoms with E-state index in [9.17, 15) is 4.79 Å². The van der Waals surface area contributed by atoms with E-state index in [1.807, 2.05) is 31.2 Å². The molecule has 2 aromatic heterocycles. The number of aromatic nitrogens is 1. The van der Waals surface area contributed by atoms with Crippen molar-refractivity contribution in [1.82, 2.24) is 10.3 Å². The number of hydrogen-bond acceptors (Lipinski definition) is 5. The van der Waals surface area contributed by atoms with Crippen LogP contribution in [0.25, 0.3) is 22.1 Å². The summed E-state index contributed by atoms with van der Waals surface area (Å²) in [5, 5.41) is 3.71. The maximum atomic E-state index is 12.6. The molecular formula is C19H16N2O4. The summed E-state index contributed by atoms with van der Waals surface area (Å²) in [5.74, 6) is 0.790. The molecule has 0 bridgehead atoms. The van der Waals surface area contributed by atoms with Crippen molar-refractivity contribution < 1.29 is 18.4 Å². The molecule has 1 unspecified atom stereocenters. The molecule has 6 heteroatoms. The highest BCUT2D eigenvalue weighted by molar-refractivity contribution is 5.99. The van der Waals surface area contributed by atoms with Gasteiger partial charge in [0.05, 0.1) is 18.8 Å². The van der Waals surface area contributed by atoms with Crippen LogP contribution in [-0.4, -0.2) is 18.0 Å². The molecule has 0 saturated heterocycles. The van der Waals surface area contributed by atoms with Crippen LogP contribution in [0, 0.1) is 0 Å². The summed E-state index contributed by atoms with van der Waals surface area (Å²) in [7, 11) is 1.56. The number of benzene rings is 2. The summed E-state index contributed by atoms with van der Waals surface area (Å²) in [5.41, 5.74) is 2.50. The topological polar surface area (TPSA) is 77.5 Å². The molecule has 1 atom stereocenters. The average molecular weight is 336 g/mol. The van der Waals surface area contributed by atoms with Crippen LogP contribution in [0.15, 0.2) is 57.6 Å². The minimum absolute atomic E-state index is 0.258. The molecular weight excluding hydrogens is 320 g/mol. The molecule has 0 aliphatic carbocycles. The van der Waals surface area contributed by atoms with E-state index in [1.165, 1.54) is 0 Å². The third-order valence-corrected chi connectivity index (χ3v) is 4.04. The fourth-order valence-corrected chi connectivity index (χ4v) is 2.76. The number of amides is 1. The van der Waals surface area contributed by atoms with Gasteiger partial charge in [-0.2, -0.15) is 0 Å². The second-order valence-electron chi connectivity index (χ2n) is 5.73. The van der Waals surface area contributed by atoms with Gasteiger partial charge in [0.2, 0.25) is 5.89 Å². The van der Waals surface area contributed by atoms with Gasteiger partial charge in [-0.1, -0.05) is 12.1 Å². The van der Waals surface area contributed by atoms with Gasteiger partial charge >= 0.3 is 0 Å². The largest absolute Gasteiger partial charge is 0.496 e. The molecule has 25 heavy (non-hydrogen) atoms. The summed E-state index contributed by atoms with van der Waals surface area (Å²) < 4.78 is 16.4. The van der Waals surface area contributed by atoms with Crippen LogP contribution in [0.5, 0.6) is 5.75 Å². The highest BCUT2D eigenvalue weighted by Gasteiger charge is 2.18. The van der Waals surface area contributed by atoms with Gasteiger partial charge < -0.3 is 18.9 Å². The summed E-state index contributed by atoms with van der Waals surface area (Å²) in [6.07, 6.45) is 1.57. The Labute approximate surface area is 143 Å². The average Bonchev–Trinajstić information content (AvgIpc) is 3.27. The molecule has 0 radical (unpaired) electrons. The van der Waals surface area contributed by atoms with Gasteiger partial charge in [-0.15, -0.1) is 0 Å². The number of para-hydroxylation sites is 2. The fraction of sp³-hybridized carbons (Fsp3) is 0.158. The smallest absolute Gasteiger partial charge is 0.252 e. The molecule has 126 valence electrons. The van der Waals surface area contributed by atoms with Crippen LogP contribution in [0.3, 0.4) is 0 Å². The van der Waals surface area contributed by atoms with E-state index in [4.69, 9.17) is 13.6 Å². The summed E-state index contributed by atoms with van der Waals surface area (Å²) >= 11 is 0. The highest BCUT2D eigenvalue weighted by atomic mass is 16.5. The number of methoxy groups -OCH3 is 1. The lowest BCUT2D eigenvalue weighted by atomic mass is 10.1. The number of hydrogen-bond donors (Lipinski definition) is 1. The van der Waals surface area contributed by atoms with Gasteiger partial charge in [0.1, 0.15) is 22.9 Å². The highest BCUT2D eigenvalue weighted by Crippen LogP contribution is 2.28. The van der Waals surface area contributed by atoms with Crippen molar-refractivity contribution >= 4 is 28.0 Å². The molecule has 1 N–H and O–H groups in total. The summed E-state index contributed by atoms with van der Waals surface area (Å²) in [4.78, 5) is 17.0. The molecule has 4 aromatic rings. The maximum Gasteiger partial charge on any atom is 0.252 e. The van der Waals surface area contributed by atoms with Crippen LogP contribution in [0.2, 0.25) is 0 Å². The van der Waals surface area contributed by atoms with E-state index in [2.05, 4.69) is 10.3 Å². The number of oxazole rings is 1. The predicted molar refractivity (Wildman–Crippen MR) is 92.7 cm³/mol. The predicted octanol–water partition coefficient (Wildman–Crippen LogP) is 4.07. The first-order valence-corrected chi connectivity index (χ1v) is 7.87. The van der Waals surface area contributed by atoms with Crippen molar-refractivity contribution in [2.75, 3.05) is 7.11 Å². The maximum absolute atomic E-state index is 12.6. The first kappa shape index (κ1) is 15.3. The lowest BCUT2D eigenvalue weighted by molar-refractivity contribution is 0.0934. The number of ether oxygens (including phenoxy) is 1. The first-order valence-electron chi connectivity index (χ1n) is 7.87. The number of furan rings is 1. The van der Waals surface area contributed by atoms with Gasteiger partial charge in [-0.05, 0) is 37.3 Å². The molecule has 0 fully saturated rings. The number of nitrogens with one attached hydrogen (secondary N) is 1. The number of carbonyl (C=O) groups is 1. The SMILES string of the molecule is COc1cc(C(=O)NC(C)c2nc3ccccc3o2)cc2occc12. The van der Waals surface area contributed by atoms with E-state index < -0.39 is 0 Å². The second-order valence-corrected chi connectivity index (χ2v) is 5.73. The molecule has 0 aliphatic rings. The first-order chi connectivity index (χ1) is 12.2. The minimum atomic E-state index is -0.377. The number of nitrogens with zero attached hydrogens (tertiary/aromatic N) is 1. The number of rotatable bonds is 4. The van der Waals surface area contributed by atoms with Crippen molar-refractivity contribution in [2.45, 2.75) is 13.0 Å². The minimum Gasteiger partial charge on any atom is -0.496 e. The Kier molecular flexibility index (Phi) is 3.65. The third-order valence-electron chi connectivity index (χ3n) is 4.04. The molecule has 2 heterocycles. The Balaban J connectivity index is 1.60. The quantitative estimate of drug-likeness (QED) is 0.608. The Morgan fingerprint density at radius 2 is 2.04 bits per heavy atom. The van der Waals surface area contributed by atoms with Gasteiger partial charge in [0.15, 0.2) is 5.58 Å². The van der Waals surface area contributed by atoms with E-state index in [1.54, 1.807) is 31.6 Å². The Hall–Kier alpha value is -3.28. The molecule has 0 spiro atoms. The zero-order chi connectivity index (χ0) is 17.4.